The van der Waals surface area contributed by atoms with Crippen LogP contribution in [-0.2, 0) is 30.7 Å². The summed E-state index contributed by atoms with van der Waals surface area (Å²) in [6, 6.07) is 7.41. The van der Waals surface area contributed by atoms with Gasteiger partial charge in [0, 0.05) is 16.8 Å². The number of para-hydroxylation sites is 1. The normalized spacial score (nSPS) is 16.2. The molecule has 0 saturated heterocycles. The van der Waals surface area contributed by atoms with Crippen molar-refractivity contribution in [1.82, 2.24) is 14.1 Å². The third-order valence-electron chi connectivity index (χ3n) is 6.08. The summed E-state index contributed by atoms with van der Waals surface area (Å²) in [6.45, 7) is 4.44. The molecule has 32 heavy (non-hydrogen) atoms. The summed E-state index contributed by atoms with van der Waals surface area (Å²) in [5, 5.41) is 19.7. The Labute approximate surface area is 187 Å². The van der Waals surface area contributed by atoms with Crippen LogP contribution in [-0.4, -0.2) is 25.1 Å². The second-order valence-corrected chi connectivity index (χ2v) is 9.32. The Morgan fingerprint density at radius 3 is 2.97 bits per heavy atom. The number of thiophene rings is 1. The highest BCUT2D eigenvalue weighted by Crippen LogP contribution is 2.39. The van der Waals surface area contributed by atoms with E-state index in [0.29, 0.717) is 23.2 Å². The molecule has 0 fully saturated rings. The van der Waals surface area contributed by atoms with Crippen molar-refractivity contribution in [1.29, 1.82) is 0 Å². The highest BCUT2D eigenvalue weighted by atomic mass is 32.1. The van der Waals surface area contributed by atoms with Crippen molar-refractivity contribution in [2.75, 3.05) is 0 Å². The molecule has 1 amide bonds. The first kappa shape index (κ1) is 20.6. The van der Waals surface area contributed by atoms with Gasteiger partial charge in [-0.3, -0.25) is 14.2 Å². The van der Waals surface area contributed by atoms with E-state index in [4.69, 9.17) is 0 Å². The van der Waals surface area contributed by atoms with Crippen LogP contribution in [0.2, 0.25) is 0 Å². The van der Waals surface area contributed by atoms with Crippen molar-refractivity contribution in [3.63, 3.8) is 0 Å². The molecule has 0 aliphatic heterocycles. The van der Waals surface area contributed by atoms with E-state index in [2.05, 4.69) is 22.1 Å². The van der Waals surface area contributed by atoms with Crippen LogP contribution in [0.1, 0.15) is 30.7 Å². The number of rotatable bonds is 4. The summed E-state index contributed by atoms with van der Waals surface area (Å²) in [6.07, 6.45) is 4.29. The van der Waals surface area contributed by atoms with Crippen LogP contribution in [0, 0.1) is 5.92 Å². The summed E-state index contributed by atoms with van der Waals surface area (Å²) >= 11 is 1.58. The number of azo groups is 1. The average molecular weight is 450 g/mol. The predicted molar refractivity (Wildman–Crippen MR) is 124 cm³/mol. The lowest BCUT2D eigenvalue weighted by atomic mass is 9.89. The molecule has 0 unspecified atom stereocenters. The van der Waals surface area contributed by atoms with Gasteiger partial charge in [-0.05, 0) is 43.7 Å². The van der Waals surface area contributed by atoms with Gasteiger partial charge < -0.3 is 9.67 Å². The van der Waals surface area contributed by atoms with Crippen LogP contribution >= 0.6 is 11.3 Å². The van der Waals surface area contributed by atoms with Crippen molar-refractivity contribution >= 4 is 44.1 Å². The van der Waals surface area contributed by atoms with Gasteiger partial charge in [-0.1, -0.05) is 25.1 Å². The van der Waals surface area contributed by atoms with Gasteiger partial charge in [0.1, 0.15) is 11.4 Å². The SMILES string of the molecule is CCn1c(O)c(N=NC(=O)Cn2cnc3sc4c(c3c2=O)CC[C@@H](C)C4)c2ccccc21. The molecular weight excluding hydrogens is 426 g/mol. The van der Waals surface area contributed by atoms with E-state index in [1.807, 2.05) is 31.2 Å². The molecule has 1 aliphatic carbocycles. The first-order valence-corrected chi connectivity index (χ1v) is 11.5. The van der Waals surface area contributed by atoms with Crippen molar-refractivity contribution in [3.8, 4) is 5.88 Å². The van der Waals surface area contributed by atoms with Crippen molar-refractivity contribution in [2.45, 2.75) is 46.2 Å². The number of fused-ring (bicyclic) bond motifs is 4. The minimum atomic E-state index is -0.585. The molecule has 0 radical (unpaired) electrons. The minimum absolute atomic E-state index is 0.0374. The Morgan fingerprint density at radius 1 is 1.34 bits per heavy atom. The Hall–Kier alpha value is -3.33. The molecule has 1 aliphatic rings. The van der Waals surface area contributed by atoms with Crippen molar-refractivity contribution in [3.05, 3.63) is 51.4 Å². The van der Waals surface area contributed by atoms with Gasteiger partial charge in [-0.15, -0.1) is 21.6 Å². The largest absolute Gasteiger partial charge is 0.493 e. The summed E-state index contributed by atoms with van der Waals surface area (Å²) in [5.41, 5.74) is 1.94. The fraction of sp³-hybridized carbons (Fsp3) is 0.348. The Kier molecular flexibility index (Phi) is 5.13. The van der Waals surface area contributed by atoms with Crippen LogP contribution < -0.4 is 5.56 Å². The zero-order valence-electron chi connectivity index (χ0n) is 17.9. The molecule has 5 rings (SSSR count). The van der Waals surface area contributed by atoms with E-state index in [1.165, 1.54) is 15.8 Å². The number of amides is 1. The zero-order valence-corrected chi connectivity index (χ0v) is 18.7. The number of hydrogen-bond acceptors (Lipinski definition) is 6. The molecule has 0 saturated carbocycles. The fourth-order valence-corrected chi connectivity index (χ4v) is 5.79. The molecule has 4 aromatic rings. The van der Waals surface area contributed by atoms with Crippen LogP contribution in [0.25, 0.3) is 21.1 Å². The fourth-order valence-electron chi connectivity index (χ4n) is 4.45. The van der Waals surface area contributed by atoms with E-state index < -0.39 is 5.91 Å². The number of carbonyl (C=O) groups is 1. The van der Waals surface area contributed by atoms with E-state index >= 15 is 0 Å². The molecule has 0 spiro atoms. The number of aryl methyl sites for hydroxylation is 2. The first-order valence-electron chi connectivity index (χ1n) is 10.7. The number of nitrogens with zero attached hydrogens (tertiary/aromatic N) is 5. The third-order valence-corrected chi connectivity index (χ3v) is 7.25. The first-order chi connectivity index (χ1) is 15.5. The minimum Gasteiger partial charge on any atom is -0.493 e. The van der Waals surface area contributed by atoms with Gasteiger partial charge in [0.2, 0.25) is 5.88 Å². The maximum absolute atomic E-state index is 13.1. The van der Waals surface area contributed by atoms with Gasteiger partial charge in [0.05, 0.1) is 17.2 Å². The lowest BCUT2D eigenvalue weighted by molar-refractivity contribution is -0.118. The van der Waals surface area contributed by atoms with Gasteiger partial charge in [0.25, 0.3) is 11.5 Å². The molecule has 1 aromatic carbocycles. The van der Waals surface area contributed by atoms with Gasteiger partial charge >= 0.3 is 0 Å². The Balaban J connectivity index is 1.45. The van der Waals surface area contributed by atoms with E-state index in [9.17, 15) is 14.7 Å². The highest BCUT2D eigenvalue weighted by molar-refractivity contribution is 7.18. The van der Waals surface area contributed by atoms with Crippen LogP contribution in [0.5, 0.6) is 5.88 Å². The maximum atomic E-state index is 13.1. The molecule has 1 N–H and O–H groups in total. The summed E-state index contributed by atoms with van der Waals surface area (Å²) in [4.78, 5) is 32.0. The highest BCUT2D eigenvalue weighted by Gasteiger charge is 2.23. The van der Waals surface area contributed by atoms with Crippen LogP contribution in [0.4, 0.5) is 5.69 Å². The number of aromatic hydroxyl groups is 1. The number of aromatic nitrogens is 3. The van der Waals surface area contributed by atoms with E-state index in [0.717, 1.165) is 35.2 Å². The number of carbonyl (C=O) groups excluding carboxylic acids is 1. The number of benzene rings is 1. The van der Waals surface area contributed by atoms with Gasteiger partial charge in [-0.25, -0.2) is 4.98 Å². The van der Waals surface area contributed by atoms with Crippen LogP contribution in [0.3, 0.4) is 0 Å². The van der Waals surface area contributed by atoms with E-state index in [1.54, 1.807) is 15.9 Å². The topological polar surface area (TPSA) is 102 Å². The predicted octanol–water partition coefficient (Wildman–Crippen LogP) is 4.57. The quantitative estimate of drug-likeness (QED) is 0.461. The Morgan fingerprint density at radius 2 is 2.16 bits per heavy atom. The second-order valence-electron chi connectivity index (χ2n) is 8.24. The smallest absolute Gasteiger partial charge is 0.284 e. The summed E-state index contributed by atoms with van der Waals surface area (Å²) < 4.78 is 3.00. The standard InChI is InChI=1S/C23H23N5O3S/c1-3-28-16-7-5-4-6-14(16)20(23(28)31)26-25-18(29)11-27-12-24-21-19(22(27)30)15-9-8-13(2)10-17(15)32-21/h4-7,12-13,31H,3,8-11H2,1-2H3/t13-/m1/s1. The van der Waals surface area contributed by atoms with Gasteiger partial charge in [-0.2, -0.15) is 0 Å². The van der Waals surface area contributed by atoms with Crippen molar-refractivity contribution in [2.24, 2.45) is 16.1 Å². The zero-order chi connectivity index (χ0) is 22.4. The van der Waals surface area contributed by atoms with Crippen molar-refractivity contribution < 1.29 is 9.90 Å². The molecule has 9 heteroatoms. The third kappa shape index (κ3) is 3.33. The van der Waals surface area contributed by atoms with Crippen LogP contribution in [0.15, 0.2) is 45.6 Å². The lowest BCUT2D eigenvalue weighted by Gasteiger charge is -2.17. The summed E-state index contributed by atoms with van der Waals surface area (Å²) in [7, 11) is 0. The molecular formula is C23H23N5O3S. The monoisotopic (exact) mass is 449 g/mol. The second kappa shape index (κ2) is 7.98. The maximum Gasteiger partial charge on any atom is 0.284 e. The average Bonchev–Trinajstić information content (AvgIpc) is 3.28. The molecule has 1 atom stereocenters. The molecule has 0 bridgehead atoms. The summed E-state index contributed by atoms with van der Waals surface area (Å²) in [5.74, 6) is -0.0156. The lowest BCUT2D eigenvalue weighted by Crippen LogP contribution is -2.24. The molecule has 8 nitrogen and oxygen atoms in total. The number of hydrogen-bond donors (Lipinski definition) is 1. The van der Waals surface area contributed by atoms with Gasteiger partial charge in [0.15, 0.2) is 5.69 Å². The molecule has 3 heterocycles. The molecule has 3 aromatic heterocycles. The van der Waals surface area contributed by atoms with E-state index in [-0.39, 0.29) is 23.7 Å². The Bertz CT molecular complexity index is 1450. The molecule has 164 valence electrons.